The minimum Gasteiger partial charge on any atom is -0.337 e. The van der Waals surface area contributed by atoms with Gasteiger partial charge in [0.15, 0.2) is 0 Å². The predicted molar refractivity (Wildman–Crippen MR) is 118 cm³/mol. The van der Waals surface area contributed by atoms with Gasteiger partial charge in [0.2, 0.25) is 0 Å². The highest BCUT2D eigenvalue weighted by molar-refractivity contribution is 7.11. The third-order valence-electron chi connectivity index (χ3n) is 5.37. The summed E-state index contributed by atoms with van der Waals surface area (Å²) in [5, 5.41) is 0. The van der Waals surface area contributed by atoms with E-state index in [2.05, 4.69) is 51.7 Å². The maximum Gasteiger partial charge on any atom is 0.328 e. The van der Waals surface area contributed by atoms with Gasteiger partial charge in [-0.3, -0.25) is 14.0 Å². The first-order valence-electron chi connectivity index (χ1n) is 9.89. The molecule has 29 heavy (non-hydrogen) atoms. The van der Waals surface area contributed by atoms with E-state index in [9.17, 15) is 4.79 Å². The van der Waals surface area contributed by atoms with Gasteiger partial charge in [-0.05, 0) is 43.2 Å². The molecule has 0 atom stereocenters. The van der Waals surface area contributed by atoms with Crippen LogP contribution in [0.15, 0.2) is 53.8 Å². The lowest BCUT2D eigenvalue weighted by molar-refractivity contribution is 0.250. The molecule has 0 saturated carbocycles. The zero-order valence-corrected chi connectivity index (χ0v) is 18.0. The summed E-state index contributed by atoms with van der Waals surface area (Å²) in [7, 11) is 3.66. The number of hydrogen-bond acceptors (Lipinski definition) is 4. The lowest BCUT2D eigenvalue weighted by Gasteiger charge is -2.22. The van der Waals surface area contributed by atoms with Gasteiger partial charge in [0, 0.05) is 62.4 Å². The third-order valence-corrected chi connectivity index (χ3v) is 6.35. The summed E-state index contributed by atoms with van der Waals surface area (Å²) in [6.45, 7) is 5.92. The van der Waals surface area contributed by atoms with E-state index in [1.807, 2.05) is 44.2 Å². The highest BCUT2D eigenvalue weighted by Gasteiger charge is 2.12. The molecule has 0 aliphatic carbocycles. The van der Waals surface area contributed by atoms with Gasteiger partial charge in [-0.15, -0.1) is 11.3 Å². The Balaban J connectivity index is 1.52. The summed E-state index contributed by atoms with van der Waals surface area (Å²) in [6, 6.07) is 10.8. The van der Waals surface area contributed by atoms with Crippen LogP contribution in [0.2, 0.25) is 0 Å². The summed E-state index contributed by atoms with van der Waals surface area (Å²) in [5.41, 5.74) is 3.21. The molecule has 6 nitrogen and oxygen atoms in total. The largest absolute Gasteiger partial charge is 0.337 e. The fourth-order valence-corrected chi connectivity index (χ4v) is 4.74. The normalized spacial score (nSPS) is 11.7. The molecule has 4 rings (SSSR count). The smallest absolute Gasteiger partial charge is 0.328 e. The fraction of sp³-hybridized carbons (Fsp3) is 0.364. The highest BCUT2D eigenvalue weighted by Crippen LogP contribution is 2.20. The number of imidazole rings is 2. The standard InChI is InChI=1S/C22H27N5OS/c1-17-5-7-19(29-17)15-27(11-4-10-26-12-9-23-16-26)14-18-6-8-20-21(13-18)25(3)22(28)24(20)2/h5-9,12-13,16H,4,10-11,14-15H2,1-3H3. The average molecular weight is 410 g/mol. The Morgan fingerprint density at radius 3 is 2.62 bits per heavy atom. The number of thiophene rings is 1. The van der Waals surface area contributed by atoms with Crippen molar-refractivity contribution in [2.75, 3.05) is 6.54 Å². The summed E-state index contributed by atoms with van der Waals surface area (Å²) < 4.78 is 5.56. The summed E-state index contributed by atoms with van der Waals surface area (Å²) >= 11 is 1.86. The van der Waals surface area contributed by atoms with Crippen molar-refractivity contribution in [2.24, 2.45) is 14.1 Å². The van der Waals surface area contributed by atoms with Crippen molar-refractivity contribution in [1.82, 2.24) is 23.6 Å². The molecule has 0 radical (unpaired) electrons. The Kier molecular flexibility index (Phi) is 5.69. The van der Waals surface area contributed by atoms with Crippen molar-refractivity contribution < 1.29 is 0 Å². The summed E-state index contributed by atoms with van der Waals surface area (Å²) in [5.74, 6) is 0. The van der Waals surface area contributed by atoms with Crippen LogP contribution in [0.3, 0.4) is 0 Å². The monoisotopic (exact) mass is 409 g/mol. The van der Waals surface area contributed by atoms with Gasteiger partial charge in [0.25, 0.3) is 0 Å². The molecule has 0 N–H and O–H groups in total. The molecule has 3 heterocycles. The van der Waals surface area contributed by atoms with Gasteiger partial charge in [0.05, 0.1) is 17.4 Å². The van der Waals surface area contributed by atoms with Crippen LogP contribution in [0.4, 0.5) is 0 Å². The van der Waals surface area contributed by atoms with E-state index in [0.29, 0.717) is 0 Å². The summed E-state index contributed by atoms with van der Waals surface area (Å²) in [6.07, 6.45) is 6.77. The first kappa shape index (κ1) is 19.7. The van der Waals surface area contributed by atoms with Crippen LogP contribution >= 0.6 is 11.3 Å². The number of nitrogens with zero attached hydrogens (tertiary/aromatic N) is 5. The van der Waals surface area contributed by atoms with Crippen LogP contribution in [0.25, 0.3) is 11.0 Å². The van der Waals surface area contributed by atoms with Crippen LogP contribution in [0.5, 0.6) is 0 Å². The molecule has 3 aromatic heterocycles. The van der Waals surface area contributed by atoms with Crippen molar-refractivity contribution in [3.63, 3.8) is 0 Å². The average Bonchev–Trinajstić information content (AvgIpc) is 3.41. The molecular weight excluding hydrogens is 382 g/mol. The molecule has 1 aromatic carbocycles. The molecule has 0 spiro atoms. The van der Waals surface area contributed by atoms with Crippen molar-refractivity contribution >= 4 is 22.4 Å². The van der Waals surface area contributed by atoms with Crippen LogP contribution in [0, 0.1) is 6.92 Å². The molecule has 0 aliphatic heterocycles. The third kappa shape index (κ3) is 4.36. The quantitative estimate of drug-likeness (QED) is 0.447. The zero-order valence-electron chi connectivity index (χ0n) is 17.2. The lowest BCUT2D eigenvalue weighted by atomic mass is 10.1. The van der Waals surface area contributed by atoms with Gasteiger partial charge in [-0.2, -0.15) is 0 Å². The Bertz CT molecular complexity index is 1150. The van der Waals surface area contributed by atoms with Crippen LogP contribution in [0.1, 0.15) is 21.7 Å². The van der Waals surface area contributed by atoms with Crippen molar-refractivity contribution in [1.29, 1.82) is 0 Å². The van der Waals surface area contributed by atoms with Gasteiger partial charge in [-0.1, -0.05) is 6.07 Å². The molecule has 0 aliphatic rings. The van der Waals surface area contributed by atoms with E-state index in [4.69, 9.17) is 0 Å². The predicted octanol–water partition coefficient (Wildman–Crippen LogP) is 3.54. The Hall–Kier alpha value is -2.64. The van der Waals surface area contributed by atoms with Gasteiger partial charge >= 0.3 is 5.69 Å². The molecular formula is C22H27N5OS. The number of aromatic nitrogens is 4. The van der Waals surface area contributed by atoms with E-state index < -0.39 is 0 Å². The van der Waals surface area contributed by atoms with Gasteiger partial charge in [-0.25, -0.2) is 9.78 Å². The van der Waals surface area contributed by atoms with Crippen LogP contribution in [-0.2, 0) is 33.7 Å². The maximum absolute atomic E-state index is 12.2. The topological polar surface area (TPSA) is 48.0 Å². The second-order valence-corrected chi connectivity index (χ2v) is 8.97. The lowest BCUT2D eigenvalue weighted by Crippen LogP contribution is -2.24. The molecule has 0 unspecified atom stereocenters. The van der Waals surface area contributed by atoms with E-state index in [1.165, 1.54) is 15.3 Å². The number of fused-ring (bicyclic) bond motifs is 1. The number of rotatable bonds is 8. The fourth-order valence-electron chi connectivity index (χ4n) is 3.81. The number of aryl methyl sites for hydroxylation is 4. The van der Waals surface area contributed by atoms with E-state index >= 15 is 0 Å². The van der Waals surface area contributed by atoms with Crippen molar-refractivity contribution in [3.05, 3.63) is 74.9 Å². The van der Waals surface area contributed by atoms with Gasteiger partial charge < -0.3 is 4.57 Å². The SMILES string of the molecule is Cc1ccc(CN(CCCn2ccnc2)Cc2ccc3c(c2)n(C)c(=O)n3C)s1. The summed E-state index contributed by atoms with van der Waals surface area (Å²) in [4.78, 5) is 21.6. The van der Waals surface area contributed by atoms with E-state index in [1.54, 1.807) is 9.13 Å². The molecule has 0 bridgehead atoms. The molecule has 0 fully saturated rings. The van der Waals surface area contributed by atoms with Crippen molar-refractivity contribution in [3.8, 4) is 0 Å². The Morgan fingerprint density at radius 1 is 1.07 bits per heavy atom. The minimum atomic E-state index is 0.0170. The molecule has 152 valence electrons. The first-order chi connectivity index (χ1) is 14.0. The molecule has 0 saturated heterocycles. The minimum absolute atomic E-state index is 0.0170. The number of benzene rings is 1. The second kappa shape index (κ2) is 8.39. The van der Waals surface area contributed by atoms with Crippen LogP contribution in [-0.4, -0.2) is 30.1 Å². The maximum atomic E-state index is 12.2. The Labute approximate surface area is 174 Å². The van der Waals surface area contributed by atoms with Crippen molar-refractivity contribution in [2.45, 2.75) is 33.0 Å². The molecule has 4 aromatic rings. The second-order valence-electron chi connectivity index (χ2n) is 7.60. The molecule has 0 amide bonds. The highest BCUT2D eigenvalue weighted by atomic mass is 32.1. The zero-order chi connectivity index (χ0) is 20.4. The Morgan fingerprint density at radius 2 is 1.90 bits per heavy atom. The molecule has 7 heteroatoms. The van der Waals surface area contributed by atoms with Crippen LogP contribution < -0.4 is 5.69 Å². The van der Waals surface area contributed by atoms with E-state index in [-0.39, 0.29) is 5.69 Å². The van der Waals surface area contributed by atoms with Gasteiger partial charge in [0.1, 0.15) is 0 Å². The number of hydrogen-bond donors (Lipinski definition) is 0. The first-order valence-corrected chi connectivity index (χ1v) is 10.7. The van der Waals surface area contributed by atoms with E-state index in [0.717, 1.165) is 43.6 Å².